The molecule has 0 fully saturated rings. The highest BCUT2D eigenvalue weighted by Gasteiger charge is 2.27. The van der Waals surface area contributed by atoms with Crippen molar-refractivity contribution in [2.45, 2.75) is 44.3 Å². The second-order valence-electron chi connectivity index (χ2n) is 7.82. The number of hydrogen-bond acceptors (Lipinski definition) is 4. The van der Waals surface area contributed by atoms with E-state index in [1.54, 1.807) is 21.6 Å². The smallest absolute Gasteiger partial charge is 0.255 e. The monoisotopic (exact) mass is 511 g/mol. The number of benzene rings is 2. The average molecular weight is 512 g/mol. The molecule has 1 aromatic heterocycles. The second kappa shape index (κ2) is 10.2. The van der Waals surface area contributed by atoms with E-state index in [4.69, 9.17) is 23.2 Å². The van der Waals surface area contributed by atoms with E-state index < -0.39 is 15.7 Å². The Bertz CT molecular complexity index is 1260. The maximum Gasteiger partial charge on any atom is 0.255 e. The Morgan fingerprint density at radius 2 is 1.82 bits per heavy atom. The normalized spacial score (nSPS) is 11.7. The van der Waals surface area contributed by atoms with Gasteiger partial charge in [0.1, 0.15) is 5.82 Å². The molecule has 0 N–H and O–H groups in total. The molecule has 2 aromatic carbocycles. The molecule has 3 rings (SSSR count). The lowest BCUT2D eigenvalue weighted by atomic mass is 10.2. The van der Waals surface area contributed by atoms with Gasteiger partial charge in [-0.2, -0.15) is 0 Å². The van der Waals surface area contributed by atoms with Crippen LogP contribution in [0.1, 0.15) is 48.4 Å². The molecule has 6 nitrogen and oxygen atoms in total. The van der Waals surface area contributed by atoms with Crippen LogP contribution >= 0.6 is 23.2 Å². The maximum absolute atomic E-state index is 13.2. The molecule has 0 atom stereocenters. The zero-order valence-electron chi connectivity index (χ0n) is 18.4. The third-order valence-corrected chi connectivity index (χ3v) is 7.21. The van der Waals surface area contributed by atoms with Crippen LogP contribution in [0.2, 0.25) is 10.0 Å². The van der Waals surface area contributed by atoms with Gasteiger partial charge >= 0.3 is 0 Å². The van der Waals surface area contributed by atoms with Gasteiger partial charge in [0.25, 0.3) is 5.91 Å². The molecule has 0 radical (unpaired) electrons. The summed E-state index contributed by atoms with van der Waals surface area (Å²) in [6.07, 6.45) is 1.47. The fraction of sp³-hybridized carbons (Fsp3) is 0.304. The number of rotatable bonds is 8. The highest BCUT2D eigenvalue weighted by atomic mass is 35.5. The third kappa shape index (κ3) is 5.75. The predicted octanol–water partition coefficient (Wildman–Crippen LogP) is 5.55. The molecule has 1 heterocycles. The number of nitrogens with zero attached hydrogens (tertiary/aromatic N) is 3. The van der Waals surface area contributed by atoms with Gasteiger partial charge in [0.05, 0.1) is 34.8 Å². The number of aromatic nitrogens is 2. The van der Waals surface area contributed by atoms with E-state index in [1.807, 2.05) is 20.8 Å². The number of sulfone groups is 1. The van der Waals surface area contributed by atoms with Crippen molar-refractivity contribution in [1.82, 2.24) is 14.5 Å². The van der Waals surface area contributed by atoms with Crippen molar-refractivity contribution >= 4 is 38.9 Å². The number of hydrogen-bond donors (Lipinski definition) is 0. The summed E-state index contributed by atoms with van der Waals surface area (Å²) in [4.78, 5) is 18.8. The molecule has 0 unspecified atom stereocenters. The van der Waals surface area contributed by atoms with Gasteiger partial charge in [-0.1, -0.05) is 35.3 Å². The van der Waals surface area contributed by atoms with Crippen LogP contribution in [-0.2, 0) is 22.1 Å². The van der Waals surface area contributed by atoms with Gasteiger partial charge in [-0.15, -0.1) is 0 Å². The summed E-state index contributed by atoms with van der Waals surface area (Å²) in [5.74, 6) is -1.05. The van der Waals surface area contributed by atoms with Gasteiger partial charge in [-0.05, 0) is 56.7 Å². The fourth-order valence-electron chi connectivity index (χ4n) is 3.50. The van der Waals surface area contributed by atoms with Crippen molar-refractivity contribution in [2.75, 3.05) is 6.54 Å². The minimum absolute atomic E-state index is 0.0927. The van der Waals surface area contributed by atoms with Crippen LogP contribution in [0.5, 0.6) is 0 Å². The Kier molecular flexibility index (Phi) is 7.82. The van der Waals surface area contributed by atoms with Crippen molar-refractivity contribution in [3.63, 3.8) is 0 Å². The fourth-order valence-corrected chi connectivity index (χ4v) is 5.59. The standard InChI is InChI=1S/C23H24Cl2FN3O3S/c1-4-28(22(30)20-10-7-17(24)11-21(20)25)13-19-12-27-23(29(19)15(2)3)33(31,32)14-16-5-8-18(26)9-6-16/h5-12,15H,4,13-14H2,1-3H3. The molecule has 3 aromatic rings. The molecule has 1 amide bonds. The van der Waals surface area contributed by atoms with Gasteiger partial charge in [-0.25, -0.2) is 17.8 Å². The van der Waals surface area contributed by atoms with E-state index in [-0.39, 0.29) is 34.4 Å². The minimum Gasteiger partial charge on any atom is -0.333 e. The number of imidazole rings is 1. The number of halogens is 3. The maximum atomic E-state index is 13.2. The SMILES string of the molecule is CCN(Cc1cnc(S(=O)(=O)Cc2ccc(F)cc2)n1C(C)C)C(=O)c1ccc(Cl)cc1Cl. The number of carbonyl (C=O) groups excluding carboxylic acids is 1. The first-order valence-electron chi connectivity index (χ1n) is 10.3. The van der Waals surface area contributed by atoms with E-state index in [0.717, 1.165) is 0 Å². The van der Waals surface area contributed by atoms with E-state index in [0.29, 0.717) is 28.4 Å². The largest absolute Gasteiger partial charge is 0.333 e. The van der Waals surface area contributed by atoms with E-state index >= 15 is 0 Å². The molecular formula is C23H24Cl2FN3O3S. The van der Waals surface area contributed by atoms with Crippen molar-refractivity contribution < 1.29 is 17.6 Å². The first-order valence-corrected chi connectivity index (χ1v) is 12.7. The van der Waals surface area contributed by atoms with Crippen LogP contribution in [0.3, 0.4) is 0 Å². The predicted molar refractivity (Wildman–Crippen MR) is 127 cm³/mol. The van der Waals surface area contributed by atoms with Crippen LogP contribution in [0.4, 0.5) is 4.39 Å². The lowest BCUT2D eigenvalue weighted by Gasteiger charge is -2.24. The molecule has 10 heteroatoms. The van der Waals surface area contributed by atoms with Crippen LogP contribution in [0.15, 0.2) is 53.8 Å². The Hall–Kier alpha value is -2.42. The van der Waals surface area contributed by atoms with E-state index in [9.17, 15) is 17.6 Å². The zero-order chi connectivity index (χ0) is 24.3. The molecule has 0 bridgehead atoms. The Balaban J connectivity index is 1.92. The molecule has 0 aliphatic rings. The quantitative estimate of drug-likeness (QED) is 0.397. The molecule has 176 valence electrons. The Morgan fingerprint density at radius 1 is 1.15 bits per heavy atom. The van der Waals surface area contributed by atoms with E-state index in [2.05, 4.69) is 4.98 Å². The topological polar surface area (TPSA) is 72.3 Å². The average Bonchev–Trinajstić information content (AvgIpc) is 3.18. The molecule has 0 spiro atoms. The first kappa shape index (κ1) is 25.2. The van der Waals surface area contributed by atoms with Gasteiger partial charge in [-0.3, -0.25) is 4.79 Å². The third-order valence-electron chi connectivity index (χ3n) is 5.09. The van der Waals surface area contributed by atoms with Crippen molar-refractivity contribution in [3.05, 3.63) is 81.3 Å². The first-order chi connectivity index (χ1) is 15.5. The Labute approximate surface area is 202 Å². The highest BCUT2D eigenvalue weighted by molar-refractivity contribution is 7.90. The summed E-state index contributed by atoms with van der Waals surface area (Å²) in [5, 5.41) is 0.573. The summed E-state index contributed by atoms with van der Waals surface area (Å²) < 4.78 is 41.0. The second-order valence-corrected chi connectivity index (χ2v) is 10.6. The highest BCUT2D eigenvalue weighted by Crippen LogP contribution is 2.25. The molecular weight excluding hydrogens is 488 g/mol. The minimum atomic E-state index is -3.82. The van der Waals surface area contributed by atoms with Crippen LogP contribution in [0.25, 0.3) is 0 Å². The lowest BCUT2D eigenvalue weighted by Crippen LogP contribution is -2.32. The van der Waals surface area contributed by atoms with Gasteiger partial charge < -0.3 is 9.47 Å². The number of carbonyl (C=O) groups is 1. The Morgan fingerprint density at radius 3 is 2.39 bits per heavy atom. The van der Waals surface area contributed by atoms with Gasteiger partial charge in [0.15, 0.2) is 0 Å². The summed E-state index contributed by atoms with van der Waals surface area (Å²) in [7, 11) is -3.82. The van der Waals surface area contributed by atoms with Crippen molar-refractivity contribution in [1.29, 1.82) is 0 Å². The van der Waals surface area contributed by atoms with Crippen LogP contribution in [-0.4, -0.2) is 35.3 Å². The van der Waals surface area contributed by atoms with Crippen molar-refractivity contribution in [2.24, 2.45) is 0 Å². The number of amides is 1. The lowest BCUT2D eigenvalue weighted by molar-refractivity contribution is 0.0748. The molecule has 33 heavy (non-hydrogen) atoms. The summed E-state index contributed by atoms with van der Waals surface area (Å²) in [5.41, 5.74) is 1.34. The molecule has 0 saturated carbocycles. The summed E-state index contributed by atoms with van der Waals surface area (Å²) >= 11 is 12.1. The molecule has 0 aliphatic carbocycles. The van der Waals surface area contributed by atoms with Crippen LogP contribution in [0, 0.1) is 5.82 Å². The van der Waals surface area contributed by atoms with Gasteiger partial charge in [0, 0.05) is 17.6 Å². The van der Waals surface area contributed by atoms with Crippen molar-refractivity contribution in [3.8, 4) is 0 Å². The van der Waals surface area contributed by atoms with Gasteiger partial charge in [0.2, 0.25) is 15.0 Å². The van der Waals surface area contributed by atoms with E-state index in [1.165, 1.54) is 36.5 Å². The molecule has 0 saturated heterocycles. The summed E-state index contributed by atoms with van der Waals surface area (Å²) in [6, 6.07) is 9.74. The molecule has 0 aliphatic heterocycles. The van der Waals surface area contributed by atoms with Crippen LogP contribution < -0.4 is 0 Å². The summed E-state index contributed by atoms with van der Waals surface area (Å²) in [6.45, 7) is 6.03. The zero-order valence-corrected chi connectivity index (χ0v) is 20.8.